The van der Waals surface area contributed by atoms with Gasteiger partial charge in [-0.1, -0.05) is 19.8 Å². The first kappa shape index (κ1) is 16.5. The van der Waals surface area contributed by atoms with Crippen molar-refractivity contribution in [3.63, 3.8) is 0 Å². The van der Waals surface area contributed by atoms with Gasteiger partial charge in [-0.2, -0.15) is 0 Å². The van der Waals surface area contributed by atoms with Gasteiger partial charge in [0.1, 0.15) is 11.4 Å². The second-order valence-electron chi connectivity index (χ2n) is 5.90. The van der Waals surface area contributed by atoms with E-state index in [1.807, 2.05) is 12.1 Å². The lowest BCUT2D eigenvalue weighted by molar-refractivity contribution is 0.203. The zero-order valence-electron chi connectivity index (χ0n) is 13.3. The number of nitrogens with zero attached hydrogens (tertiary/aromatic N) is 1. The maximum Gasteiger partial charge on any atom is 0.412 e. The average Bonchev–Trinajstić information content (AvgIpc) is 2.37. The fourth-order valence-electron chi connectivity index (χ4n) is 2.20. The first-order valence-corrected chi connectivity index (χ1v) is 7.23. The monoisotopic (exact) mass is 279 g/mol. The van der Waals surface area contributed by atoms with Crippen LogP contribution in [-0.2, 0) is 6.42 Å². The molecule has 1 aromatic carbocycles. The maximum atomic E-state index is 11.3. The third-order valence-electron chi connectivity index (χ3n) is 3.24. The molecule has 0 aliphatic heterocycles. The molecule has 0 atom stereocenters. The van der Waals surface area contributed by atoms with Crippen LogP contribution in [0.15, 0.2) is 18.2 Å². The topological polar surface area (TPSA) is 38.3 Å². The molecule has 0 aliphatic rings. The highest BCUT2D eigenvalue weighted by atomic mass is 16.5. The van der Waals surface area contributed by atoms with E-state index in [-0.39, 0.29) is 0 Å². The van der Waals surface area contributed by atoms with E-state index in [2.05, 4.69) is 39.4 Å². The van der Waals surface area contributed by atoms with Gasteiger partial charge in [0.25, 0.3) is 0 Å². The zero-order valence-corrected chi connectivity index (χ0v) is 13.3. The van der Waals surface area contributed by atoms with Crippen LogP contribution < -0.4 is 14.5 Å². The summed E-state index contributed by atoms with van der Waals surface area (Å²) in [5.74, 6) is 0.605. The minimum Gasteiger partial charge on any atom is -0.410 e. The Morgan fingerprint density at radius 2 is 1.95 bits per heavy atom. The Hall–Kier alpha value is -1.55. The van der Waals surface area contributed by atoms with E-state index >= 15 is 0 Å². The lowest BCUT2D eigenvalue weighted by Crippen LogP contribution is -2.35. The Labute approximate surface area is 122 Å². The Kier molecular flexibility index (Phi) is 6.02. The number of hydrogen-bond acceptors (Lipinski definition) is 2. The van der Waals surface area contributed by atoms with Gasteiger partial charge in [0.05, 0.1) is 21.1 Å². The molecule has 0 radical (unpaired) electrons. The highest BCUT2D eigenvalue weighted by Gasteiger charge is 2.18. The predicted octanol–water partition coefficient (Wildman–Crippen LogP) is 3.33. The Balaban J connectivity index is 2.98. The molecule has 0 bridgehead atoms. The molecule has 1 aromatic rings. The van der Waals surface area contributed by atoms with E-state index in [1.54, 1.807) is 7.05 Å². The summed E-state index contributed by atoms with van der Waals surface area (Å²) in [6.07, 6.45) is 4.17. The number of carbonyl (C=O) groups excluding carboxylic acids is 1. The second-order valence-corrected chi connectivity index (χ2v) is 5.90. The van der Waals surface area contributed by atoms with Gasteiger partial charge in [0.15, 0.2) is 0 Å². The number of benzene rings is 1. The van der Waals surface area contributed by atoms with E-state index in [0.717, 1.165) is 17.3 Å². The van der Waals surface area contributed by atoms with Crippen LogP contribution >= 0.6 is 0 Å². The van der Waals surface area contributed by atoms with Crippen LogP contribution in [0, 0.1) is 0 Å². The van der Waals surface area contributed by atoms with Gasteiger partial charge in [0.2, 0.25) is 0 Å². The Morgan fingerprint density at radius 3 is 2.50 bits per heavy atom. The van der Waals surface area contributed by atoms with Crippen LogP contribution in [0.1, 0.15) is 31.7 Å². The van der Waals surface area contributed by atoms with Crippen LogP contribution in [0.4, 0.5) is 10.5 Å². The molecule has 0 spiro atoms. The summed E-state index contributed by atoms with van der Waals surface area (Å²) in [6, 6.07) is 5.90. The van der Waals surface area contributed by atoms with Gasteiger partial charge >= 0.3 is 6.09 Å². The Morgan fingerprint density at radius 1 is 1.25 bits per heavy atom. The molecular weight excluding hydrogens is 252 g/mol. The molecule has 1 N–H and O–H groups in total. The molecule has 0 fully saturated rings. The van der Waals surface area contributed by atoms with Crippen LogP contribution in [0.5, 0.6) is 5.75 Å². The van der Waals surface area contributed by atoms with Crippen molar-refractivity contribution in [3.05, 3.63) is 23.8 Å². The Bertz CT molecular complexity index is 450. The molecule has 0 unspecified atom stereocenters. The van der Waals surface area contributed by atoms with Crippen molar-refractivity contribution >= 4 is 11.8 Å². The molecule has 1 rings (SSSR count). The molecule has 4 nitrogen and oxygen atoms in total. The third-order valence-corrected chi connectivity index (χ3v) is 3.24. The fourth-order valence-corrected chi connectivity index (χ4v) is 2.20. The van der Waals surface area contributed by atoms with E-state index in [1.165, 1.54) is 24.1 Å². The number of quaternary nitrogens is 1. The smallest absolute Gasteiger partial charge is 0.410 e. The molecule has 4 heteroatoms. The molecular formula is C16H27N2O2+. The van der Waals surface area contributed by atoms with Gasteiger partial charge in [-0.25, -0.2) is 4.79 Å². The zero-order chi connectivity index (χ0) is 15.2. The predicted molar refractivity (Wildman–Crippen MR) is 84.3 cm³/mol. The normalized spacial score (nSPS) is 11.2. The summed E-state index contributed by atoms with van der Waals surface area (Å²) in [5.41, 5.74) is 2.53. The molecule has 1 amide bonds. The molecule has 0 saturated carbocycles. The molecule has 0 heterocycles. The molecule has 0 aliphatic carbocycles. The summed E-state index contributed by atoms with van der Waals surface area (Å²) in [6.45, 7) is 2.20. The third kappa shape index (κ3) is 4.85. The largest absolute Gasteiger partial charge is 0.412 e. The van der Waals surface area contributed by atoms with Gasteiger partial charge in [-0.05, 0) is 25.0 Å². The van der Waals surface area contributed by atoms with E-state index in [9.17, 15) is 4.79 Å². The van der Waals surface area contributed by atoms with Gasteiger partial charge in [-0.15, -0.1) is 0 Å². The van der Waals surface area contributed by atoms with Crippen LogP contribution in [0.3, 0.4) is 0 Å². The van der Waals surface area contributed by atoms with E-state index in [0.29, 0.717) is 5.75 Å². The quantitative estimate of drug-likeness (QED) is 0.640. The summed E-state index contributed by atoms with van der Waals surface area (Å²) < 4.78 is 5.99. The SMILES string of the molecule is CCCCCc1cc(OC(=O)NC)ccc1[N+](C)(C)C. The van der Waals surface area contributed by atoms with E-state index in [4.69, 9.17) is 4.74 Å². The number of carbonyl (C=O) groups is 1. The summed E-state index contributed by atoms with van der Waals surface area (Å²) in [4.78, 5) is 11.3. The van der Waals surface area contributed by atoms with Crippen molar-refractivity contribution in [3.8, 4) is 5.75 Å². The number of aryl methyl sites for hydroxylation is 1. The van der Waals surface area contributed by atoms with Gasteiger partial charge in [0, 0.05) is 18.7 Å². The number of unbranched alkanes of at least 4 members (excludes halogenated alkanes) is 2. The first-order valence-electron chi connectivity index (χ1n) is 7.23. The van der Waals surface area contributed by atoms with Crippen molar-refractivity contribution in [2.75, 3.05) is 28.2 Å². The highest BCUT2D eigenvalue weighted by Crippen LogP contribution is 2.29. The minimum absolute atomic E-state index is 0.428. The average molecular weight is 279 g/mol. The van der Waals surface area contributed by atoms with Crippen LogP contribution in [-0.4, -0.2) is 34.3 Å². The number of hydrogen-bond donors (Lipinski definition) is 1. The first-order chi connectivity index (χ1) is 9.38. The van der Waals surface area contributed by atoms with Crippen molar-refractivity contribution in [1.82, 2.24) is 9.80 Å². The summed E-state index contributed by atoms with van der Waals surface area (Å²) in [5, 5.41) is 2.47. The van der Waals surface area contributed by atoms with E-state index < -0.39 is 6.09 Å². The fraction of sp³-hybridized carbons (Fsp3) is 0.562. The molecule has 20 heavy (non-hydrogen) atoms. The van der Waals surface area contributed by atoms with Crippen molar-refractivity contribution < 1.29 is 9.53 Å². The lowest BCUT2D eigenvalue weighted by atomic mass is 10.0. The number of rotatable bonds is 6. The summed E-state index contributed by atoms with van der Waals surface area (Å²) in [7, 11) is 8.01. The number of ether oxygens (including phenoxy) is 1. The standard InChI is InChI=1S/C16H26N2O2/c1-6-7-8-9-13-12-14(20-16(19)17-2)10-11-15(13)18(3,4)5/h10-12H,6-9H2,1-5H3/p+1. The van der Waals surface area contributed by atoms with Crippen LogP contribution in [0.2, 0.25) is 0 Å². The maximum absolute atomic E-state index is 11.3. The molecule has 0 aromatic heterocycles. The minimum atomic E-state index is -0.428. The number of amides is 1. The highest BCUT2D eigenvalue weighted by molar-refractivity contribution is 5.70. The van der Waals surface area contributed by atoms with Crippen LogP contribution in [0.25, 0.3) is 0 Å². The number of nitrogens with one attached hydrogen (secondary N) is 1. The van der Waals surface area contributed by atoms with Crippen molar-refractivity contribution in [2.24, 2.45) is 0 Å². The molecule has 0 saturated heterocycles. The second kappa shape index (κ2) is 7.29. The lowest BCUT2D eigenvalue weighted by Gasteiger charge is -2.26. The van der Waals surface area contributed by atoms with Gasteiger partial charge in [-0.3, -0.25) is 4.48 Å². The van der Waals surface area contributed by atoms with Crippen molar-refractivity contribution in [2.45, 2.75) is 32.6 Å². The molecule has 112 valence electrons. The summed E-state index contributed by atoms with van der Waals surface area (Å²) >= 11 is 0. The van der Waals surface area contributed by atoms with Crippen molar-refractivity contribution in [1.29, 1.82) is 0 Å². The van der Waals surface area contributed by atoms with Gasteiger partial charge < -0.3 is 10.1 Å².